The number of hydrogen-bond donors (Lipinski definition) is 1. The van der Waals surface area contributed by atoms with Gasteiger partial charge in [-0.05, 0) is 12.8 Å². The van der Waals surface area contributed by atoms with Crippen molar-refractivity contribution in [1.29, 1.82) is 0 Å². The van der Waals surface area contributed by atoms with Crippen LogP contribution in [0.1, 0.15) is 30.5 Å². The van der Waals surface area contributed by atoms with Gasteiger partial charge in [-0.25, -0.2) is 0 Å². The minimum atomic E-state index is -4.57. The highest BCUT2D eigenvalue weighted by molar-refractivity contribution is 7.98. The summed E-state index contributed by atoms with van der Waals surface area (Å²) in [7, 11) is 0. The molecule has 4 nitrogen and oxygen atoms in total. The van der Waals surface area contributed by atoms with Gasteiger partial charge in [0.25, 0.3) is 0 Å². The molecule has 0 bridgehead atoms. The van der Waals surface area contributed by atoms with Crippen LogP contribution in [0, 0.1) is 0 Å². The quantitative estimate of drug-likeness (QED) is 0.886. The molecule has 0 unspecified atom stereocenters. The molecule has 0 aromatic carbocycles. The summed E-state index contributed by atoms with van der Waals surface area (Å²) in [6.45, 7) is 0. The maximum atomic E-state index is 12.0. The number of nitrogens with zero attached hydrogens (tertiary/aromatic N) is 2. The molecule has 1 fully saturated rings. The minimum Gasteiger partial charge on any atom is -0.383 e. The first-order valence-corrected chi connectivity index (χ1v) is 6.27. The predicted octanol–water partition coefficient (Wildman–Crippen LogP) is 2.10. The van der Waals surface area contributed by atoms with E-state index in [-0.39, 0.29) is 5.75 Å². The van der Waals surface area contributed by atoms with Crippen LogP contribution in [0.5, 0.6) is 0 Å². The molecule has 2 rings (SSSR count). The fourth-order valence-electron chi connectivity index (χ4n) is 1.19. The van der Waals surface area contributed by atoms with Crippen LogP contribution in [0.2, 0.25) is 0 Å². The molecule has 17 heavy (non-hydrogen) atoms. The van der Waals surface area contributed by atoms with E-state index in [4.69, 9.17) is 9.63 Å². The Balaban J connectivity index is 1.74. The molecule has 1 saturated carbocycles. The molecule has 0 spiro atoms. The average molecular weight is 268 g/mol. The third-order valence-electron chi connectivity index (χ3n) is 2.31. The van der Waals surface area contributed by atoms with Crippen molar-refractivity contribution >= 4 is 11.8 Å². The van der Waals surface area contributed by atoms with Crippen molar-refractivity contribution in [1.82, 2.24) is 10.1 Å². The molecule has 8 heteroatoms. The Bertz CT molecular complexity index is 379. The number of alkyl halides is 3. The Hall–Kier alpha value is -0.760. The van der Waals surface area contributed by atoms with Crippen LogP contribution in [0.3, 0.4) is 0 Å². The summed E-state index contributed by atoms with van der Waals surface area (Å²) < 4.78 is 40.8. The number of thioether (sulfide) groups is 1. The van der Waals surface area contributed by atoms with Crippen molar-refractivity contribution < 1.29 is 22.8 Å². The van der Waals surface area contributed by atoms with E-state index in [1.165, 1.54) is 0 Å². The van der Waals surface area contributed by atoms with E-state index in [9.17, 15) is 13.2 Å². The molecule has 1 aliphatic rings. The summed E-state index contributed by atoms with van der Waals surface area (Å²) in [5, 5.41) is 12.5. The molecule has 1 aromatic heterocycles. The van der Waals surface area contributed by atoms with E-state index in [0.717, 1.165) is 24.6 Å². The second kappa shape index (κ2) is 4.85. The van der Waals surface area contributed by atoms with Crippen molar-refractivity contribution in [2.24, 2.45) is 0 Å². The van der Waals surface area contributed by atoms with Gasteiger partial charge in [0, 0.05) is 11.7 Å². The van der Waals surface area contributed by atoms with Gasteiger partial charge in [0.2, 0.25) is 5.89 Å². The van der Waals surface area contributed by atoms with Crippen LogP contribution >= 0.6 is 11.8 Å². The SMILES string of the molecule is O[C@H](CSCc1nc(C2CC2)no1)C(F)(F)F. The lowest BCUT2D eigenvalue weighted by atomic mass is 10.4. The van der Waals surface area contributed by atoms with Crippen LogP contribution in [0.4, 0.5) is 13.2 Å². The van der Waals surface area contributed by atoms with Crippen LogP contribution in [-0.2, 0) is 5.75 Å². The number of halogens is 3. The highest BCUT2D eigenvalue weighted by Gasteiger charge is 2.37. The van der Waals surface area contributed by atoms with Crippen LogP contribution in [0.15, 0.2) is 4.52 Å². The fourth-order valence-corrected chi connectivity index (χ4v) is 2.01. The van der Waals surface area contributed by atoms with Crippen LogP contribution in [-0.4, -0.2) is 33.3 Å². The molecule has 1 aliphatic carbocycles. The third-order valence-corrected chi connectivity index (χ3v) is 3.31. The largest absolute Gasteiger partial charge is 0.415 e. The highest BCUT2D eigenvalue weighted by Crippen LogP contribution is 2.38. The van der Waals surface area contributed by atoms with Crippen molar-refractivity contribution in [3.8, 4) is 0 Å². The Kier molecular flexibility index (Phi) is 3.62. The highest BCUT2D eigenvalue weighted by atomic mass is 32.2. The van der Waals surface area contributed by atoms with Gasteiger partial charge in [0.1, 0.15) is 0 Å². The van der Waals surface area contributed by atoms with Gasteiger partial charge in [-0.1, -0.05) is 5.16 Å². The van der Waals surface area contributed by atoms with E-state index >= 15 is 0 Å². The molecule has 1 N–H and O–H groups in total. The Morgan fingerprint density at radius 3 is 2.76 bits per heavy atom. The predicted molar refractivity (Wildman–Crippen MR) is 54.5 cm³/mol. The number of aliphatic hydroxyl groups is 1. The van der Waals surface area contributed by atoms with Gasteiger partial charge in [-0.3, -0.25) is 0 Å². The monoisotopic (exact) mass is 268 g/mol. The lowest BCUT2D eigenvalue weighted by Gasteiger charge is -2.12. The summed E-state index contributed by atoms with van der Waals surface area (Å²) >= 11 is 0.921. The summed E-state index contributed by atoms with van der Waals surface area (Å²) in [5.74, 6) is 1.07. The fraction of sp³-hybridized carbons (Fsp3) is 0.778. The number of aromatic nitrogens is 2. The minimum absolute atomic E-state index is 0.187. The maximum absolute atomic E-state index is 12.0. The lowest BCUT2D eigenvalue weighted by molar-refractivity contribution is -0.195. The molecule has 0 aliphatic heterocycles. The molecule has 0 amide bonds. The van der Waals surface area contributed by atoms with Gasteiger partial charge < -0.3 is 9.63 Å². The van der Waals surface area contributed by atoms with E-state index in [2.05, 4.69) is 10.1 Å². The molecular formula is C9H11F3N2O2S. The van der Waals surface area contributed by atoms with Gasteiger partial charge in [-0.2, -0.15) is 18.2 Å². The smallest absolute Gasteiger partial charge is 0.383 e. The van der Waals surface area contributed by atoms with Gasteiger partial charge >= 0.3 is 6.18 Å². The zero-order chi connectivity index (χ0) is 12.5. The van der Waals surface area contributed by atoms with Gasteiger partial charge in [-0.15, -0.1) is 11.8 Å². The second-order valence-electron chi connectivity index (χ2n) is 3.89. The van der Waals surface area contributed by atoms with Crippen molar-refractivity contribution in [2.45, 2.75) is 36.8 Å². The van der Waals surface area contributed by atoms with Gasteiger partial charge in [0.05, 0.1) is 5.75 Å². The Labute approximate surface area is 99.6 Å². The molecule has 0 saturated heterocycles. The first kappa shape index (κ1) is 12.7. The first-order valence-electron chi connectivity index (χ1n) is 5.12. The van der Waals surface area contributed by atoms with Crippen LogP contribution in [0.25, 0.3) is 0 Å². The zero-order valence-electron chi connectivity index (χ0n) is 8.78. The molecule has 0 radical (unpaired) electrons. The number of rotatable bonds is 5. The first-order chi connectivity index (χ1) is 7.97. The average Bonchev–Trinajstić information content (AvgIpc) is 2.98. The summed E-state index contributed by atoms with van der Waals surface area (Å²) in [4.78, 5) is 4.07. The molecule has 96 valence electrons. The molecule has 1 atom stereocenters. The van der Waals surface area contributed by atoms with Crippen molar-refractivity contribution in [2.75, 3.05) is 5.75 Å². The molecular weight excluding hydrogens is 257 g/mol. The standard InChI is InChI=1S/C9H11F3N2O2S/c10-9(11,12)6(15)3-17-4-7-13-8(14-16-7)5-1-2-5/h5-6,15H,1-4H2/t6-/m1/s1. The van der Waals surface area contributed by atoms with Crippen molar-refractivity contribution in [3.63, 3.8) is 0 Å². The third kappa shape index (κ3) is 3.60. The van der Waals surface area contributed by atoms with E-state index in [1.807, 2.05) is 0 Å². The summed E-state index contributed by atoms with van der Waals surface area (Å²) in [5.41, 5.74) is 0. The number of hydrogen-bond acceptors (Lipinski definition) is 5. The summed E-state index contributed by atoms with van der Waals surface area (Å²) in [6.07, 6.45) is -4.79. The second-order valence-corrected chi connectivity index (χ2v) is 4.92. The number of aliphatic hydroxyl groups excluding tert-OH is 1. The topological polar surface area (TPSA) is 59.2 Å². The van der Waals surface area contributed by atoms with E-state index in [0.29, 0.717) is 17.6 Å². The summed E-state index contributed by atoms with van der Waals surface area (Å²) in [6, 6.07) is 0. The normalized spacial score (nSPS) is 18.4. The zero-order valence-corrected chi connectivity index (χ0v) is 9.59. The van der Waals surface area contributed by atoms with Crippen LogP contribution < -0.4 is 0 Å². The lowest BCUT2D eigenvalue weighted by Crippen LogP contribution is -2.30. The maximum Gasteiger partial charge on any atom is 0.415 e. The molecule has 1 heterocycles. The Morgan fingerprint density at radius 1 is 1.47 bits per heavy atom. The van der Waals surface area contributed by atoms with Crippen molar-refractivity contribution in [3.05, 3.63) is 11.7 Å². The van der Waals surface area contributed by atoms with E-state index in [1.54, 1.807) is 0 Å². The Morgan fingerprint density at radius 2 is 2.18 bits per heavy atom. The van der Waals surface area contributed by atoms with E-state index < -0.39 is 18.0 Å². The molecule has 1 aromatic rings. The van der Waals surface area contributed by atoms with Gasteiger partial charge in [0.15, 0.2) is 11.9 Å².